The fourth-order valence-corrected chi connectivity index (χ4v) is 3.80. The zero-order valence-corrected chi connectivity index (χ0v) is 17.6. The van der Waals surface area contributed by atoms with Gasteiger partial charge >= 0.3 is 0 Å². The maximum Gasteiger partial charge on any atom is 0.277 e. The van der Waals surface area contributed by atoms with Crippen LogP contribution in [0, 0.1) is 5.82 Å². The number of amides is 1. The summed E-state index contributed by atoms with van der Waals surface area (Å²) in [7, 11) is 0. The summed E-state index contributed by atoms with van der Waals surface area (Å²) in [5, 5.41) is 22.5. The van der Waals surface area contributed by atoms with Gasteiger partial charge in [-0.2, -0.15) is 4.98 Å². The predicted octanol–water partition coefficient (Wildman–Crippen LogP) is 1.82. The first-order chi connectivity index (χ1) is 15.0. The van der Waals surface area contributed by atoms with Gasteiger partial charge in [-0.3, -0.25) is 9.69 Å². The summed E-state index contributed by atoms with van der Waals surface area (Å²) in [6.07, 6.45) is 0.346. The summed E-state index contributed by atoms with van der Waals surface area (Å²) >= 11 is 5.95. The van der Waals surface area contributed by atoms with E-state index in [1.807, 2.05) is 6.92 Å². The van der Waals surface area contributed by atoms with Crippen LogP contribution < -0.4 is 4.90 Å². The van der Waals surface area contributed by atoms with Gasteiger partial charge in [-0.25, -0.2) is 9.07 Å². The van der Waals surface area contributed by atoms with Crippen molar-refractivity contribution < 1.29 is 14.3 Å². The van der Waals surface area contributed by atoms with Crippen LogP contribution in [0.3, 0.4) is 0 Å². The first-order valence-electron chi connectivity index (χ1n) is 9.99. The van der Waals surface area contributed by atoms with E-state index in [4.69, 9.17) is 11.6 Å². The van der Waals surface area contributed by atoms with E-state index in [9.17, 15) is 14.3 Å². The minimum Gasteiger partial charge on any atom is -0.356 e. The van der Waals surface area contributed by atoms with Gasteiger partial charge in [0.2, 0.25) is 11.6 Å². The lowest BCUT2D eigenvalue weighted by atomic mass is 10.1. The third-order valence-electron chi connectivity index (χ3n) is 5.11. The first kappa shape index (κ1) is 21.2. The van der Waals surface area contributed by atoms with Crippen molar-refractivity contribution in [1.82, 2.24) is 35.1 Å². The number of hydrogen-bond donors (Lipinski definition) is 2. The molecule has 1 aliphatic rings. The molecule has 1 unspecified atom stereocenters. The number of carbonyl (C=O) groups is 1. The zero-order chi connectivity index (χ0) is 22.0. The molecule has 3 aromatic rings. The molecule has 12 heteroatoms. The van der Waals surface area contributed by atoms with Gasteiger partial charge in [-0.1, -0.05) is 25.1 Å². The molecule has 0 saturated carbocycles. The van der Waals surface area contributed by atoms with E-state index in [1.54, 1.807) is 27.8 Å². The number of aliphatic hydroxyl groups is 1. The minimum atomic E-state index is -1.15. The predicted molar refractivity (Wildman–Crippen MR) is 110 cm³/mol. The molecular weight excluding hydrogens is 427 g/mol. The van der Waals surface area contributed by atoms with Gasteiger partial charge in [0.1, 0.15) is 11.5 Å². The number of aliphatic hydroxyl groups excluding tert-OH is 1. The number of nitrogens with zero attached hydrogens (tertiary/aromatic N) is 7. The number of nitrogens with one attached hydrogen (secondary N) is 1. The van der Waals surface area contributed by atoms with Crippen molar-refractivity contribution in [3.05, 3.63) is 52.4 Å². The fraction of sp³-hybridized carbons (Fsp3) is 0.421. The normalized spacial score (nSPS) is 16.1. The van der Waals surface area contributed by atoms with Crippen molar-refractivity contribution in [2.75, 3.05) is 18.0 Å². The highest BCUT2D eigenvalue weighted by Crippen LogP contribution is 2.29. The molecule has 1 aliphatic heterocycles. The number of hydrogen-bond acceptors (Lipinski definition) is 7. The lowest BCUT2D eigenvalue weighted by Crippen LogP contribution is -2.56. The topological polar surface area (TPSA) is 116 Å². The Labute approximate surface area is 182 Å². The van der Waals surface area contributed by atoms with E-state index in [0.29, 0.717) is 36.7 Å². The highest BCUT2D eigenvalue weighted by molar-refractivity contribution is 6.28. The van der Waals surface area contributed by atoms with Gasteiger partial charge in [-0.15, -0.1) is 5.10 Å². The number of aromatic nitrogens is 6. The zero-order valence-electron chi connectivity index (χ0n) is 16.9. The van der Waals surface area contributed by atoms with E-state index in [0.717, 1.165) is 6.42 Å². The Hall–Kier alpha value is -3.05. The van der Waals surface area contributed by atoms with Gasteiger partial charge in [0.05, 0.1) is 0 Å². The summed E-state index contributed by atoms with van der Waals surface area (Å²) in [6, 6.07) is 6.47. The van der Waals surface area contributed by atoms with Crippen LogP contribution in [-0.4, -0.2) is 65.5 Å². The van der Waals surface area contributed by atoms with Crippen LogP contribution in [-0.2, 0) is 13.0 Å². The number of halogens is 2. The molecule has 1 amide bonds. The highest BCUT2D eigenvalue weighted by Gasteiger charge is 2.38. The average molecular weight is 449 g/mol. The number of fused-ring (bicyclic) bond motifs is 1. The van der Waals surface area contributed by atoms with Crippen LogP contribution in [0.5, 0.6) is 0 Å². The average Bonchev–Trinajstić information content (AvgIpc) is 3.36. The monoisotopic (exact) mass is 448 g/mol. The number of tetrazole rings is 1. The summed E-state index contributed by atoms with van der Waals surface area (Å²) in [5.74, 6) is 0.181. The molecule has 0 aliphatic carbocycles. The summed E-state index contributed by atoms with van der Waals surface area (Å²) < 4.78 is 15.5. The Balaban J connectivity index is 1.44. The number of rotatable bonds is 8. The molecule has 0 bridgehead atoms. The quantitative estimate of drug-likeness (QED) is 0.540. The van der Waals surface area contributed by atoms with Gasteiger partial charge < -0.3 is 15.0 Å². The van der Waals surface area contributed by atoms with Gasteiger partial charge in [0, 0.05) is 26.1 Å². The van der Waals surface area contributed by atoms with E-state index in [2.05, 4.69) is 25.5 Å². The van der Waals surface area contributed by atoms with E-state index < -0.39 is 6.35 Å². The van der Waals surface area contributed by atoms with Crippen LogP contribution in [0.25, 0.3) is 0 Å². The SMILES string of the molecule is CCCN1c2nc(Cl)[nH]c2C(=O)N(CCCn2nnnc2Cc2ccccc2F)C1O. The standard InChI is InChI=1S/C19H22ClFN8O2/c1-2-8-27-16-15(22-18(20)23-16)17(30)28(19(27)31)9-5-10-29-14(24-25-26-29)11-12-6-3-4-7-13(12)21/h3-4,6-7,19,31H,2,5,8-11H2,1H3,(H,22,23). The van der Waals surface area contributed by atoms with Crippen molar-refractivity contribution in [3.8, 4) is 0 Å². The number of anilines is 1. The van der Waals surface area contributed by atoms with Gasteiger partial charge in [0.25, 0.3) is 5.91 Å². The molecule has 164 valence electrons. The van der Waals surface area contributed by atoms with Crippen molar-refractivity contribution >= 4 is 23.3 Å². The number of aromatic amines is 1. The molecule has 2 N–H and O–H groups in total. The van der Waals surface area contributed by atoms with Gasteiger partial charge in [-0.05, 0) is 46.5 Å². The van der Waals surface area contributed by atoms with Crippen molar-refractivity contribution in [1.29, 1.82) is 0 Å². The number of imidazole rings is 1. The Bertz CT molecular complexity index is 1070. The van der Waals surface area contributed by atoms with Crippen molar-refractivity contribution in [2.24, 2.45) is 0 Å². The van der Waals surface area contributed by atoms with Gasteiger partial charge in [0.15, 0.2) is 11.6 Å². The summed E-state index contributed by atoms with van der Waals surface area (Å²) in [5.41, 5.74) is 0.755. The maximum absolute atomic E-state index is 13.9. The molecule has 0 saturated heterocycles. The van der Waals surface area contributed by atoms with E-state index >= 15 is 0 Å². The maximum atomic E-state index is 13.9. The van der Waals surface area contributed by atoms with Crippen LogP contribution in [0.1, 0.15) is 41.6 Å². The second-order valence-electron chi connectivity index (χ2n) is 7.20. The van der Waals surface area contributed by atoms with Crippen LogP contribution >= 0.6 is 11.6 Å². The molecular formula is C19H22ClFN8O2. The van der Waals surface area contributed by atoms with Crippen molar-refractivity contribution in [3.63, 3.8) is 0 Å². The Morgan fingerprint density at radius 3 is 2.81 bits per heavy atom. The van der Waals surface area contributed by atoms with Crippen LogP contribution in [0.2, 0.25) is 5.28 Å². The second kappa shape index (κ2) is 8.98. The summed E-state index contributed by atoms with van der Waals surface area (Å²) in [6.45, 7) is 3.14. The number of aryl methyl sites for hydroxylation is 1. The number of benzene rings is 1. The lowest BCUT2D eigenvalue weighted by Gasteiger charge is -2.40. The Morgan fingerprint density at radius 1 is 1.23 bits per heavy atom. The van der Waals surface area contributed by atoms with E-state index in [1.165, 1.54) is 11.0 Å². The largest absolute Gasteiger partial charge is 0.356 e. The third-order valence-corrected chi connectivity index (χ3v) is 5.29. The first-order valence-corrected chi connectivity index (χ1v) is 10.4. The Morgan fingerprint density at radius 2 is 2.03 bits per heavy atom. The fourth-order valence-electron chi connectivity index (χ4n) is 3.62. The van der Waals surface area contributed by atoms with Crippen molar-refractivity contribution in [2.45, 2.75) is 39.1 Å². The smallest absolute Gasteiger partial charge is 0.277 e. The molecule has 3 heterocycles. The molecule has 0 spiro atoms. The van der Waals surface area contributed by atoms with E-state index in [-0.39, 0.29) is 35.7 Å². The summed E-state index contributed by atoms with van der Waals surface area (Å²) in [4.78, 5) is 22.7. The highest BCUT2D eigenvalue weighted by atomic mass is 35.5. The molecule has 0 radical (unpaired) electrons. The van der Waals surface area contributed by atoms with Crippen LogP contribution in [0.4, 0.5) is 10.2 Å². The Kier molecular flexibility index (Phi) is 6.14. The number of carbonyl (C=O) groups excluding carboxylic acids is 1. The minimum absolute atomic E-state index is 0.0972. The third kappa shape index (κ3) is 4.23. The number of H-pyrrole nitrogens is 1. The van der Waals surface area contributed by atoms with Crippen LogP contribution in [0.15, 0.2) is 24.3 Å². The molecule has 4 rings (SSSR count). The lowest BCUT2D eigenvalue weighted by molar-refractivity contribution is -0.000186. The second-order valence-corrected chi connectivity index (χ2v) is 7.56. The molecule has 31 heavy (non-hydrogen) atoms. The molecule has 0 fully saturated rings. The molecule has 1 aromatic carbocycles. The molecule has 10 nitrogen and oxygen atoms in total. The molecule has 2 aromatic heterocycles. The molecule has 1 atom stereocenters.